The standard InChI is InChI=1S/C18H31NO/c1-3-13-19-18(12-11-17-6-5-14-20-17)16-9-7-15(4-2)8-10-16/h5-6,14-16,18-19H,3-4,7-13H2,1-2H3. The highest BCUT2D eigenvalue weighted by Crippen LogP contribution is 2.33. The Balaban J connectivity index is 1.83. The summed E-state index contributed by atoms with van der Waals surface area (Å²) in [7, 11) is 0. The van der Waals surface area contributed by atoms with Crippen molar-refractivity contribution in [1.29, 1.82) is 0 Å². The van der Waals surface area contributed by atoms with E-state index >= 15 is 0 Å². The molecule has 1 heterocycles. The topological polar surface area (TPSA) is 25.2 Å². The Labute approximate surface area is 124 Å². The van der Waals surface area contributed by atoms with E-state index in [1.165, 1.54) is 44.9 Å². The second kappa shape index (κ2) is 8.51. The monoisotopic (exact) mass is 277 g/mol. The molecule has 2 rings (SSSR count). The maximum atomic E-state index is 5.48. The van der Waals surface area contributed by atoms with Crippen molar-refractivity contribution in [2.45, 2.75) is 71.3 Å². The van der Waals surface area contributed by atoms with Crippen LogP contribution in [0, 0.1) is 11.8 Å². The highest BCUT2D eigenvalue weighted by atomic mass is 16.3. The average molecular weight is 277 g/mol. The SMILES string of the molecule is CCCNC(CCc1ccco1)C1CCC(CC)CC1. The molecule has 0 spiro atoms. The van der Waals surface area contributed by atoms with E-state index in [9.17, 15) is 0 Å². The Morgan fingerprint density at radius 1 is 1.25 bits per heavy atom. The molecule has 1 aliphatic carbocycles. The van der Waals surface area contributed by atoms with Crippen LogP contribution >= 0.6 is 0 Å². The van der Waals surface area contributed by atoms with Gasteiger partial charge in [0.15, 0.2) is 0 Å². The molecule has 2 nitrogen and oxygen atoms in total. The highest BCUT2D eigenvalue weighted by molar-refractivity contribution is 4.99. The first-order valence-corrected chi connectivity index (χ1v) is 8.59. The van der Waals surface area contributed by atoms with Crippen molar-refractivity contribution in [3.63, 3.8) is 0 Å². The minimum atomic E-state index is 0.679. The van der Waals surface area contributed by atoms with Gasteiger partial charge in [0, 0.05) is 12.5 Å². The average Bonchev–Trinajstić information content (AvgIpc) is 3.01. The van der Waals surface area contributed by atoms with Crippen molar-refractivity contribution in [2.24, 2.45) is 11.8 Å². The highest BCUT2D eigenvalue weighted by Gasteiger charge is 2.26. The molecule has 1 N–H and O–H groups in total. The lowest BCUT2D eigenvalue weighted by Crippen LogP contribution is -2.39. The van der Waals surface area contributed by atoms with E-state index in [0.717, 1.165) is 30.6 Å². The second-order valence-electron chi connectivity index (χ2n) is 6.37. The number of hydrogen-bond donors (Lipinski definition) is 1. The van der Waals surface area contributed by atoms with Gasteiger partial charge in [-0.15, -0.1) is 0 Å². The van der Waals surface area contributed by atoms with Gasteiger partial charge >= 0.3 is 0 Å². The summed E-state index contributed by atoms with van der Waals surface area (Å²) in [6, 6.07) is 4.78. The van der Waals surface area contributed by atoms with E-state index < -0.39 is 0 Å². The Hall–Kier alpha value is -0.760. The zero-order valence-corrected chi connectivity index (χ0v) is 13.2. The molecule has 0 radical (unpaired) electrons. The van der Waals surface area contributed by atoms with Crippen molar-refractivity contribution in [1.82, 2.24) is 5.32 Å². The molecule has 0 aliphatic heterocycles. The first-order valence-electron chi connectivity index (χ1n) is 8.59. The third-order valence-electron chi connectivity index (χ3n) is 4.98. The van der Waals surface area contributed by atoms with E-state index in [-0.39, 0.29) is 0 Å². The minimum Gasteiger partial charge on any atom is -0.469 e. The van der Waals surface area contributed by atoms with E-state index in [4.69, 9.17) is 4.42 Å². The maximum Gasteiger partial charge on any atom is 0.103 e. The summed E-state index contributed by atoms with van der Waals surface area (Å²) in [4.78, 5) is 0. The molecule has 20 heavy (non-hydrogen) atoms. The Morgan fingerprint density at radius 3 is 2.65 bits per heavy atom. The Bertz CT molecular complexity index is 338. The summed E-state index contributed by atoms with van der Waals surface area (Å²) in [6.07, 6.45) is 12.4. The number of nitrogens with one attached hydrogen (secondary N) is 1. The van der Waals surface area contributed by atoms with Gasteiger partial charge in [0.2, 0.25) is 0 Å². The fourth-order valence-electron chi connectivity index (χ4n) is 3.59. The van der Waals surface area contributed by atoms with Gasteiger partial charge in [-0.25, -0.2) is 0 Å². The molecule has 1 fully saturated rings. The second-order valence-corrected chi connectivity index (χ2v) is 6.37. The van der Waals surface area contributed by atoms with Crippen LogP contribution in [0.25, 0.3) is 0 Å². The Morgan fingerprint density at radius 2 is 2.05 bits per heavy atom. The van der Waals surface area contributed by atoms with E-state index in [1.54, 1.807) is 6.26 Å². The van der Waals surface area contributed by atoms with Crippen LogP contribution in [0.2, 0.25) is 0 Å². The molecule has 0 amide bonds. The molecule has 114 valence electrons. The fraction of sp³-hybridized carbons (Fsp3) is 0.778. The smallest absolute Gasteiger partial charge is 0.103 e. The Kier molecular flexibility index (Phi) is 6.65. The van der Waals surface area contributed by atoms with Crippen molar-refractivity contribution < 1.29 is 4.42 Å². The largest absolute Gasteiger partial charge is 0.469 e. The summed E-state index contributed by atoms with van der Waals surface area (Å²) >= 11 is 0. The van der Waals surface area contributed by atoms with Crippen LogP contribution in [-0.4, -0.2) is 12.6 Å². The third-order valence-corrected chi connectivity index (χ3v) is 4.98. The van der Waals surface area contributed by atoms with Crippen molar-refractivity contribution >= 4 is 0 Å². The maximum absolute atomic E-state index is 5.48. The summed E-state index contributed by atoms with van der Waals surface area (Å²) < 4.78 is 5.48. The first-order chi connectivity index (χ1) is 9.83. The van der Waals surface area contributed by atoms with Crippen LogP contribution in [-0.2, 0) is 6.42 Å². The molecule has 1 unspecified atom stereocenters. The van der Waals surface area contributed by atoms with Crippen molar-refractivity contribution in [2.75, 3.05) is 6.54 Å². The van der Waals surface area contributed by atoms with Gasteiger partial charge in [0.25, 0.3) is 0 Å². The van der Waals surface area contributed by atoms with Crippen LogP contribution in [0.3, 0.4) is 0 Å². The summed E-state index contributed by atoms with van der Waals surface area (Å²) in [5.41, 5.74) is 0. The van der Waals surface area contributed by atoms with E-state index in [1.807, 2.05) is 6.07 Å². The third kappa shape index (κ3) is 4.66. The molecule has 0 bridgehead atoms. The van der Waals surface area contributed by atoms with E-state index in [0.29, 0.717) is 6.04 Å². The number of rotatable bonds is 8. The summed E-state index contributed by atoms with van der Waals surface area (Å²) in [5.74, 6) is 3.00. The normalized spacial score (nSPS) is 24.7. The van der Waals surface area contributed by atoms with Gasteiger partial charge in [0.05, 0.1) is 6.26 Å². The predicted molar refractivity (Wildman–Crippen MR) is 84.8 cm³/mol. The van der Waals surface area contributed by atoms with E-state index in [2.05, 4.69) is 25.2 Å². The first kappa shape index (κ1) is 15.6. The zero-order valence-electron chi connectivity index (χ0n) is 13.2. The van der Waals surface area contributed by atoms with Crippen LogP contribution < -0.4 is 5.32 Å². The molecular weight excluding hydrogens is 246 g/mol. The summed E-state index contributed by atoms with van der Waals surface area (Å²) in [6.45, 7) is 5.75. The van der Waals surface area contributed by atoms with Gasteiger partial charge in [-0.05, 0) is 56.2 Å². The van der Waals surface area contributed by atoms with Crippen LogP contribution in [0.15, 0.2) is 22.8 Å². The number of aryl methyl sites for hydroxylation is 1. The number of hydrogen-bond acceptors (Lipinski definition) is 2. The number of furan rings is 1. The molecule has 1 saturated carbocycles. The lowest BCUT2D eigenvalue weighted by molar-refractivity contribution is 0.209. The van der Waals surface area contributed by atoms with Gasteiger partial charge in [-0.3, -0.25) is 0 Å². The van der Waals surface area contributed by atoms with Gasteiger partial charge in [0.1, 0.15) is 5.76 Å². The van der Waals surface area contributed by atoms with Crippen LogP contribution in [0.5, 0.6) is 0 Å². The molecule has 0 saturated heterocycles. The molecule has 1 aliphatic rings. The molecule has 2 heteroatoms. The van der Waals surface area contributed by atoms with Crippen LogP contribution in [0.4, 0.5) is 0 Å². The van der Waals surface area contributed by atoms with Gasteiger partial charge in [-0.1, -0.05) is 33.1 Å². The lowest BCUT2D eigenvalue weighted by atomic mass is 9.76. The fourth-order valence-corrected chi connectivity index (χ4v) is 3.59. The van der Waals surface area contributed by atoms with Gasteiger partial charge < -0.3 is 9.73 Å². The van der Waals surface area contributed by atoms with Crippen LogP contribution in [0.1, 0.15) is 64.6 Å². The zero-order chi connectivity index (χ0) is 14.2. The minimum absolute atomic E-state index is 0.679. The molecule has 0 aromatic carbocycles. The predicted octanol–water partition coefficient (Wildman–Crippen LogP) is 4.80. The quantitative estimate of drug-likeness (QED) is 0.738. The summed E-state index contributed by atoms with van der Waals surface area (Å²) in [5, 5.41) is 3.79. The molecular formula is C18H31NO. The molecule has 1 aromatic heterocycles. The molecule has 1 aromatic rings. The van der Waals surface area contributed by atoms with Crippen molar-refractivity contribution in [3.8, 4) is 0 Å². The van der Waals surface area contributed by atoms with Gasteiger partial charge in [-0.2, -0.15) is 0 Å². The van der Waals surface area contributed by atoms with Crippen molar-refractivity contribution in [3.05, 3.63) is 24.2 Å². The molecule has 1 atom stereocenters. The lowest BCUT2D eigenvalue weighted by Gasteiger charge is -2.34.